The number of urea groups is 1. The number of rotatable bonds is 2. The normalized spacial score (nSPS) is 22.3. The van der Waals surface area contributed by atoms with E-state index in [2.05, 4.69) is 5.32 Å². The number of carbonyl (C=O) groups is 2. The van der Waals surface area contributed by atoms with E-state index in [0.717, 1.165) is 19.3 Å². The van der Waals surface area contributed by atoms with E-state index < -0.39 is 5.54 Å². The van der Waals surface area contributed by atoms with Gasteiger partial charge in [0.1, 0.15) is 0 Å². The fourth-order valence-electron chi connectivity index (χ4n) is 2.46. The summed E-state index contributed by atoms with van der Waals surface area (Å²) in [6, 6.07) is -0.0456. The molecule has 102 valence electrons. The minimum absolute atomic E-state index is 0.0456. The number of nitrogens with two attached hydrogens (primary N) is 1. The molecule has 1 heterocycles. The lowest BCUT2D eigenvalue weighted by molar-refractivity contribution is -0.141. The summed E-state index contributed by atoms with van der Waals surface area (Å²) in [5.74, 6) is 0.0595. The molecule has 1 aliphatic heterocycles. The lowest BCUT2D eigenvalue weighted by atomic mass is 9.76. The predicted octanol–water partition coefficient (Wildman–Crippen LogP) is -0.258. The van der Waals surface area contributed by atoms with Gasteiger partial charge in [0.15, 0.2) is 0 Å². The average molecular weight is 254 g/mol. The molecule has 1 saturated carbocycles. The number of carbonyl (C=O) groups excluding carboxylic acids is 2. The molecule has 0 aromatic rings. The van der Waals surface area contributed by atoms with Crippen molar-refractivity contribution in [3.8, 4) is 0 Å². The Balaban J connectivity index is 1.83. The van der Waals surface area contributed by atoms with Crippen molar-refractivity contribution in [1.82, 2.24) is 15.1 Å². The van der Waals surface area contributed by atoms with Gasteiger partial charge in [0.25, 0.3) is 0 Å². The van der Waals surface area contributed by atoms with Crippen LogP contribution in [0.4, 0.5) is 4.79 Å². The molecular formula is C12H22N4O2. The molecule has 0 aromatic heterocycles. The van der Waals surface area contributed by atoms with Gasteiger partial charge in [-0.1, -0.05) is 0 Å². The fraction of sp³-hybridized carbons (Fsp3) is 0.833. The number of nitrogens with one attached hydrogen (secondary N) is 1. The highest BCUT2D eigenvalue weighted by Gasteiger charge is 2.43. The maximum absolute atomic E-state index is 12.2. The Hall–Kier alpha value is -1.30. The lowest BCUT2D eigenvalue weighted by Crippen LogP contribution is -2.63. The van der Waals surface area contributed by atoms with Crippen LogP contribution in [0.15, 0.2) is 0 Å². The first kappa shape index (κ1) is 13.1. The Labute approximate surface area is 107 Å². The molecule has 18 heavy (non-hydrogen) atoms. The Bertz CT molecular complexity index is 333. The van der Waals surface area contributed by atoms with Crippen LogP contribution >= 0.6 is 0 Å². The molecule has 0 unspecified atom stereocenters. The quantitative estimate of drug-likeness (QED) is 0.712. The van der Waals surface area contributed by atoms with Crippen LogP contribution in [0.5, 0.6) is 0 Å². The molecular weight excluding hydrogens is 232 g/mol. The Morgan fingerprint density at radius 1 is 1.17 bits per heavy atom. The molecule has 2 rings (SSSR count). The molecule has 2 fully saturated rings. The van der Waals surface area contributed by atoms with E-state index in [1.165, 1.54) is 0 Å². The molecule has 0 aromatic carbocycles. The van der Waals surface area contributed by atoms with Gasteiger partial charge in [-0.15, -0.1) is 0 Å². The maximum atomic E-state index is 12.2. The third-order valence-electron chi connectivity index (χ3n) is 3.85. The number of piperazine rings is 1. The van der Waals surface area contributed by atoms with Gasteiger partial charge in [-0.2, -0.15) is 0 Å². The van der Waals surface area contributed by atoms with Crippen LogP contribution in [0.25, 0.3) is 0 Å². The van der Waals surface area contributed by atoms with Crippen molar-refractivity contribution in [2.45, 2.75) is 31.7 Å². The van der Waals surface area contributed by atoms with Gasteiger partial charge >= 0.3 is 6.03 Å². The topological polar surface area (TPSA) is 78.7 Å². The molecule has 6 heteroatoms. The Morgan fingerprint density at radius 2 is 1.72 bits per heavy atom. The molecule has 0 bridgehead atoms. The van der Waals surface area contributed by atoms with E-state index in [4.69, 9.17) is 5.73 Å². The van der Waals surface area contributed by atoms with Crippen LogP contribution in [0, 0.1) is 0 Å². The first-order valence-corrected chi connectivity index (χ1v) is 6.68. The van der Waals surface area contributed by atoms with Crippen molar-refractivity contribution in [1.29, 1.82) is 0 Å². The summed E-state index contributed by atoms with van der Waals surface area (Å²) < 4.78 is 0. The van der Waals surface area contributed by atoms with Crippen molar-refractivity contribution in [3.63, 3.8) is 0 Å². The predicted molar refractivity (Wildman–Crippen MR) is 68.0 cm³/mol. The summed E-state index contributed by atoms with van der Waals surface area (Å²) in [6.07, 6.45) is 2.63. The van der Waals surface area contributed by atoms with Gasteiger partial charge in [-0.3, -0.25) is 4.79 Å². The molecule has 0 spiro atoms. The summed E-state index contributed by atoms with van der Waals surface area (Å²) in [4.78, 5) is 27.4. The summed E-state index contributed by atoms with van der Waals surface area (Å²) in [6.45, 7) is 4.89. The molecule has 2 aliphatic rings. The number of nitrogens with zero attached hydrogens (tertiary/aromatic N) is 2. The van der Waals surface area contributed by atoms with E-state index in [1.807, 2.05) is 6.92 Å². The van der Waals surface area contributed by atoms with Crippen LogP contribution in [-0.4, -0.2) is 60.0 Å². The SMILES string of the molecule is CCNC(=O)N1CCN(C(=O)C2(N)CCC2)CC1. The van der Waals surface area contributed by atoms with Gasteiger partial charge in [0, 0.05) is 32.7 Å². The van der Waals surface area contributed by atoms with Gasteiger partial charge in [-0.05, 0) is 26.2 Å². The van der Waals surface area contributed by atoms with Crippen molar-refractivity contribution < 1.29 is 9.59 Å². The van der Waals surface area contributed by atoms with Gasteiger partial charge in [-0.25, -0.2) is 4.79 Å². The van der Waals surface area contributed by atoms with Crippen LogP contribution in [0.2, 0.25) is 0 Å². The standard InChI is InChI=1S/C12H22N4O2/c1-2-14-11(18)16-8-6-15(7-9-16)10(17)12(13)4-3-5-12/h2-9,13H2,1H3,(H,14,18). The summed E-state index contributed by atoms with van der Waals surface area (Å²) in [5.41, 5.74) is 5.42. The minimum Gasteiger partial charge on any atom is -0.338 e. The van der Waals surface area contributed by atoms with Crippen molar-refractivity contribution in [2.75, 3.05) is 32.7 Å². The first-order chi connectivity index (χ1) is 8.57. The zero-order chi connectivity index (χ0) is 13.2. The Kier molecular flexibility index (Phi) is 3.75. The smallest absolute Gasteiger partial charge is 0.317 e. The molecule has 1 saturated heterocycles. The summed E-state index contributed by atoms with van der Waals surface area (Å²) in [5, 5.41) is 2.77. The van der Waals surface area contributed by atoms with Crippen LogP contribution < -0.4 is 11.1 Å². The number of hydrogen-bond acceptors (Lipinski definition) is 3. The van der Waals surface area contributed by atoms with Crippen molar-refractivity contribution in [3.05, 3.63) is 0 Å². The molecule has 6 nitrogen and oxygen atoms in total. The Morgan fingerprint density at radius 3 is 2.17 bits per heavy atom. The molecule has 1 aliphatic carbocycles. The second-order valence-electron chi connectivity index (χ2n) is 5.12. The second kappa shape index (κ2) is 5.14. The summed E-state index contributed by atoms with van der Waals surface area (Å²) in [7, 11) is 0. The number of amides is 3. The number of hydrogen-bond donors (Lipinski definition) is 2. The largest absolute Gasteiger partial charge is 0.338 e. The van der Waals surface area contributed by atoms with E-state index in [0.29, 0.717) is 32.7 Å². The van der Waals surface area contributed by atoms with E-state index in [-0.39, 0.29) is 11.9 Å². The third-order valence-corrected chi connectivity index (χ3v) is 3.85. The highest BCUT2D eigenvalue weighted by Crippen LogP contribution is 2.31. The van der Waals surface area contributed by atoms with Crippen molar-refractivity contribution in [2.24, 2.45) is 5.73 Å². The van der Waals surface area contributed by atoms with E-state index in [1.54, 1.807) is 9.80 Å². The molecule has 3 N–H and O–H groups in total. The second-order valence-corrected chi connectivity index (χ2v) is 5.12. The highest BCUT2D eigenvalue weighted by molar-refractivity contribution is 5.87. The minimum atomic E-state index is -0.617. The highest BCUT2D eigenvalue weighted by atomic mass is 16.2. The van der Waals surface area contributed by atoms with E-state index in [9.17, 15) is 9.59 Å². The van der Waals surface area contributed by atoms with E-state index >= 15 is 0 Å². The summed E-state index contributed by atoms with van der Waals surface area (Å²) >= 11 is 0. The van der Waals surface area contributed by atoms with Crippen molar-refractivity contribution >= 4 is 11.9 Å². The van der Waals surface area contributed by atoms with Gasteiger partial charge < -0.3 is 20.9 Å². The fourth-order valence-corrected chi connectivity index (χ4v) is 2.46. The maximum Gasteiger partial charge on any atom is 0.317 e. The van der Waals surface area contributed by atoms with Crippen LogP contribution in [0.1, 0.15) is 26.2 Å². The van der Waals surface area contributed by atoms with Gasteiger partial charge in [0.2, 0.25) is 5.91 Å². The van der Waals surface area contributed by atoms with Crippen LogP contribution in [-0.2, 0) is 4.79 Å². The zero-order valence-corrected chi connectivity index (χ0v) is 10.9. The lowest BCUT2D eigenvalue weighted by Gasteiger charge is -2.43. The molecule has 0 atom stereocenters. The van der Waals surface area contributed by atoms with Crippen LogP contribution in [0.3, 0.4) is 0 Å². The molecule has 3 amide bonds. The third kappa shape index (κ3) is 2.43. The first-order valence-electron chi connectivity index (χ1n) is 6.68. The van der Waals surface area contributed by atoms with Gasteiger partial charge in [0.05, 0.1) is 5.54 Å². The molecule has 0 radical (unpaired) electrons. The monoisotopic (exact) mass is 254 g/mol. The average Bonchev–Trinajstić information content (AvgIpc) is 2.35. The zero-order valence-electron chi connectivity index (χ0n) is 10.9.